The minimum Gasteiger partial charge on any atom is -0.486 e. The molecule has 2 N–H and O–H groups in total. The third-order valence-corrected chi connectivity index (χ3v) is 6.09. The number of benzene rings is 2. The maximum Gasteiger partial charge on any atom is 0.323 e. The average Bonchev–Trinajstić information content (AvgIpc) is 3.53. The van der Waals surface area contributed by atoms with E-state index in [9.17, 15) is 4.79 Å². The molecule has 168 valence electrons. The van der Waals surface area contributed by atoms with Crippen LogP contribution in [0.15, 0.2) is 72.1 Å². The van der Waals surface area contributed by atoms with Gasteiger partial charge in [0.05, 0.1) is 10.6 Å². The van der Waals surface area contributed by atoms with Crippen LogP contribution in [0.2, 0.25) is 0 Å². The number of hydrogen-bond donors (Lipinski definition) is 2. The van der Waals surface area contributed by atoms with Crippen LogP contribution in [0.3, 0.4) is 0 Å². The van der Waals surface area contributed by atoms with Crippen LogP contribution in [-0.4, -0.2) is 39.1 Å². The van der Waals surface area contributed by atoms with Gasteiger partial charge >= 0.3 is 6.03 Å². The number of hydrogen-bond acceptors (Lipinski definition) is 7. The van der Waals surface area contributed by atoms with Crippen molar-refractivity contribution in [2.75, 3.05) is 23.8 Å². The number of amides is 2. The Hall–Kier alpha value is -4.44. The highest BCUT2D eigenvalue weighted by molar-refractivity contribution is 7.13. The number of aromatic nitrogens is 4. The van der Waals surface area contributed by atoms with Crippen molar-refractivity contribution in [3.05, 3.63) is 72.1 Å². The molecule has 0 spiro atoms. The van der Waals surface area contributed by atoms with Crippen molar-refractivity contribution >= 4 is 34.4 Å². The molecule has 6 rings (SSSR count). The minimum absolute atomic E-state index is 0.365. The monoisotopic (exact) mass is 470 g/mol. The molecule has 0 radical (unpaired) electrons. The van der Waals surface area contributed by atoms with E-state index in [0.29, 0.717) is 47.6 Å². The lowest BCUT2D eigenvalue weighted by Gasteiger charge is -2.19. The van der Waals surface area contributed by atoms with E-state index in [1.54, 1.807) is 34.1 Å². The van der Waals surface area contributed by atoms with Gasteiger partial charge in [0.25, 0.3) is 0 Å². The van der Waals surface area contributed by atoms with Crippen LogP contribution in [0.25, 0.3) is 27.6 Å². The first-order valence-corrected chi connectivity index (χ1v) is 11.5. The summed E-state index contributed by atoms with van der Waals surface area (Å²) in [5, 5.41) is 20.9. The number of nitrogens with one attached hydrogen (secondary N) is 2. The lowest BCUT2D eigenvalue weighted by molar-refractivity contribution is 0.171. The Balaban J connectivity index is 1.22. The van der Waals surface area contributed by atoms with Crippen molar-refractivity contribution in [1.82, 2.24) is 19.8 Å². The predicted molar refractivity (Wildman–Crippen MR) is 130 cm³/mol. The molecule has 0 aliphatic carbocycles. The zero-order valence-electron chi connectivity index (χ0n) is 17.8. The summed E-state index contributed by atoms with van der Waals surface area (Å²) in [5.41, 5.74) is 3.50. The number of ether oxygens (including phenoxy) is 2. The molecule has 10 heteroatoms. The molecule has 4 heterocycles. The van der Waals surface area contributed by atoms with Crippen molar-refractivity contribution in [3.8, 4) is 33.5 Å². The van der Waals surface area contributed by atoms with Crippen LogP contribution in [0.5, 0.6) is 11.5 Å². The number of carbonyl (C=O) groups excluding carboxylic acids is 1. The molecule has 0 saturated heterocycles. The maximum absolute atomic E-state index is 12.6. The zero-order valence-corrected chi connectivity index (χ0v) is 18.6. The van der Waals surface area contributed by atoms with Gasteiger partial charge in [0, 0.05) is 23.0 Å². The minimum atomic E-state index is -0.365. The molecule has 1 aliphatic rings. The van der Waals surface area contributed by atoms with Crippen LogP contribution in [-0.2, 0) is 0 Å². The molecular weight excluding hydrogens is 452 g/mol. The smallest absolute Gasteiger partial charge is 0.323 e. The molecule has 0 bridgehead atoms. The van der Waals surface area contributed by atoms with Gasteiger partial charge in [-0.2, -0.15) is 9.61 Å². The molecule has 0 unspecified atom stereocenters. The molecule has 0 fully saturated rings. The fraction of sp³-hybridized carbons (Fsp3) is 0.0833. The number of rotatable bonds is 4. The Bertz CT molecular complexity index is 1500. The van der Waals surface area contributed by atoms with Crippen LogP contribution in [0.4, 0.5) is 16.2 Å². The number of anilines is 2. The first-order chi connectivity index (χ1) is 16.7. The highest BCUT2D eigenvalue weighted by Gasteiger charge is 2.14. The van der Waals surface area contributed by atoms with Crippen molar-refractivity contribution in [3.63, 3.8) is 0 Å². The molecular formula is C24H18N6O3S. The molecule has 5 aromatic rings. The molecule has 0 saturated carbocycles. The van der Waals surface area contributed by atoms with E-state index < -0.39 is 0 Å². The quantitative estimate of drug-likeness (QED) is 0.386. The Morgan fingerprint density at radius 2 is 1.74 bits per heavy atom. The van der Waals surface area contributed by atoms with Gasteiger partial charge in [-0.3, -0.25) is 0 Å². The van der Waals surface area contributed by atoms with Crippen LogP contribution in [0, 0.1) is 0 Å². The fourth-order valence-electron chi connectivity index (χ4n) is 3.67. The highest BCUT2D eigenvalue weighted by Crippen LogP contribution is 2.32. The SMILES string of the molecule is O=C(Nc1cccc(-c2ccc3nnc(-c4cccs4)n3n2)c1)Nc1ccc2c(c1)OCCO2. The molecule has 1 aliphatic heterocycles. The second kappa shape index (κ2) is 8.49. The summed E-state index contributed by atoms with van der Waals surface area (Å²) in [7, 11) is 0. The summed E-state index contributed by atoms with van der Waals surface area (Å²) in [5.74, 6) is 1.98. The Kier molecular flexibility index (Phi) is 5.04. The number of nitrogens with zero attached hydrogens (tertiary/aromatic N) is 4. The first-order valence-electron chi connectivity index (χ1n) is 10.6. The van der Waals surface area contributed by atoms with Gasteiger partial charge in [0.2, 0.25) is 0 Å². The Morgan fingerprint density at radius 3 is 2.59 bits per heavy atom. The molecule has 3 aromatic heterocycles. The summed E-state index contributed by atoms with van der Waals surface area (Å²) >= 11 is 1.58. The van der Waals surface area contributed by atoms with E-state index in [4.69, 9.17) is 14.6 Å². The van der Waals surface area contributed by atoms with E-state index in [2.05, 4.69) is 20.8 Å². The van der Waals surface area contributed by atoms with Crippen molar-refractivity contribution in [2.24, 2.45) is 0 Å². The van der Waals surface area contributed by atoms with E-state index in [0.717, 1.165) is 16.1 Å². The molecule has 0 atom stereocenters. The first kappa shape index (κ1) is 20.2. The van der Waals surface area contributed by atoms with E-state index >= 15 is 0 Å². The van der Waals surface area contributed by atoms with Crippen molar-refractivity contribution in [1.29, 1.82) is 0 Å². The van der Waals surface area contributed by atoms with Gasteiger partial charge in [-0.1, -0.05) is 18.2 Å². The summed E-state index contributed by atoms with van der Waals surface area (Å²) in [6, 6.07) is 20.1. The van der Waals surface area contributed by atoms with Gasteiger partial charge < -0.3 is 20.1 Å². The van der Waals surface area contributed by atoms with Gasteiger partial charge in [0.1, 0.15) is 13.2 Å². The number of urea groups is 1. The fourth-order valence-corrected chi connectivity index (χ4v) is 4.37. The summed E-state index contributed by atoms with van der Waals surface area (Å²) < 4.78 is 12.8. The highest BCUT2D eigenvalue weighted by atomic mass is 32.1. The van der Waals surface area contributed by atoms with E-state index in [1.165, 1.54) is 0 Å². The molecule has 2 aromatic carbocycles. The second-order valence-corrected chi connectivity index (χ2v) is 8.46. The van der Waals surface area contributed by atoms with Gasteiger partial charge in [0.15, 0.2) is 23.0 Å². The molecule has 34 heavy (non-hydrogen) atoms. The van der Waals surface area contributed by atoms with Gasteiger partial charge in [-0.25, -0.2) is 4.79 Å². The van der Waals surface area contributed by atoms with Crippen molar-refractivity contribution < 1.29 is 14.3 Å². The summed E-state index contributed by atoms with van der Waals surface area (Å²) in [6.07, 6.45) is 0. The normalized spacial score (nSPS) is 12.5. The van der Waals surface area contributed by atoms with E-state index in [1.807, 2.05) is 53.9 Å². The largest absolute Gasteiger partial charge is 0.486 e. The van der Waals surface area contributed by atoms with Crippen molar-refractivity contribution in [2.45, 2.75) is 0 Å². The zero-order chi connectivity index (χ0) is 22.9. The summed E-state index contributed by atoms with van der Waals surface area (Å²) in [6.45, 7) is 1.00. The molecule has 2 amide bonds. The Labute approximate surface area is 198 Å². The summed E-state index contributed by atoms with van der Waals surface area (Å²) in [4.78, 5) is 13.6. The lowest BCUT2D eigenvalue weighted by Crippen LogP contribution is -2.20. The standard InChI is InChI=1S/C24H18N6O3S/c31-24(26-17-6-8-19-20(14-17)33-11-10-32-19)25-16-4-1-3-15(13-16)18-7-9-22-27-28-23(30(22)29-18)21-5-2-12-34-21/h1-9,12-14H,10-11H2,(H2,25,26,31). The van der Waals surface area contributed by atoms with Crippen LogP contribution < -0.4 is 20.1 Å². The van der Waals surface area contributed by atoms with Gasteiger partial charge in [-0.05, 0) is 47.8 Å². The lowest BCUT2D eigenvalue weighted by atomic mass is 10.1. The number of thiophene rings is 1. The predicted octanol–water partition coefficient (Wildman–Crippen LogP) is 4.94. The van der Waals surface area contributed by atoms with Crippen LogP contribution in [0.1, 0.15) is 0 Å². The molecule has 9 nitrogen and oxygen atoms in total. The second-order valence-electron chi connectivity index (χ2n) is 7.51. The third kappa shape index (κ3) is 3.90. The van der Waals surface area contributed by atoms with E-state index in [-0.39, 0.29) is 6.03 Å². The number of fused-ring (bicyclic) bond motifs is 2. The third-order valence-electron chi connectivity index (χ3n) is 5.22. The van der Waals surface area contributed by atoms with Gasteiger partial charge in [-0.15, -0.1) is 21.5 Å². The number of carbonyl (C=O) groups is 1. The van der Waals surface area contributed by atoms with Crippen LogP contribution >= 0.6 is 11.3 Å². The average molecular weight is 471 g/mol. The topological polar surface area (TPSA) is 103 Å². The maximum atomic E-state index is 12.6. The Morgan fingerprint density at radius 1 is 0.882 bits per heavy atom.